The molecule has 3 aromatic rings. The number of amides is 1. The Balaban J connectivity index is 1.64. The molecule has 0 radical (unpaired) electrons. The van der Waals surface area contributed by atoms with Crippen molar-refractivity contribution in [3.05, 3.63) is 67.0 Å². The monoisotopic (exact) mass is 279 g/mol. The fraction of sp³-hybridized carbons (Fsp3) is 0. The highest BCUT2D eigenvalue weighted by Gasteiger charge is 2.05. The van der Waals surface area contributed by atoms with Gasteiger partial charge in [-0.2, -0.15) is 0 Å². The molecule has 2 aromatic carbocycles. The van der Waals surface area contributed by atoms with E-state index in [-0.39, 0.29) is 0 Å². The van der Waals surface area contributed by atoms with Gasteiger partial charge in [-0.05, 0) is 36.4 Å². The van der Waals surface area contributed by atoms with Gasteiger partial charge in [0.2, 0.25) is 0 Å². The lowest BCUT2D eigenvalue weighted by molar-refractivity contribution is 0.215. The molecule has 5 nitrogen and oxygen atoms in total. The maximum Gasteiger partial charge on any atom is 0.417 e. The number of carbonyl (C=O) groups excluding carboxylic acids is 1. The third-order valence-electron chi connectivity index (χ3n) is 2.86. The van der Waals surface area contributed by atoms with Crippen molar-refractivity contribution in [2.24, 2.45) is 0 Å². The van der Waals surface area contributed by atoms with Gasteiger partial charge in [0.15, 0.2) is 0 Å². The number of hydrogen-bond donors (Lipinski definition) is 2. The lowest BCUT2D eigenvalue weighted by Crippen LogP contribution is -2.16. The van der Waals surface area contributed by atoms with E-state index in [2.05, 4.69) is 15.3 Å². The molecule has 0 aliphatic carbocycles. The van der Waals surface area contributed by atoms with Crippen LogP contribution in [0.5, 0.6) is 5.75 Å². The molecule has 0 spiro atoms. The Kier molecular flexibility index (Phi) is 3.64. The number of hydrogen-bond acceptors (Lipinski definition) is 3. The molecule has 3 rings (SSSR count). The number of H-pyrrole nitrogens is 1. The van der Waals surface area contributed by atoms with Crippen LogP contribution in [0.2, 0.25) is 0 Å². The van der Waals surface area contributed by atoms with Crippen molar-refractivity contribution in [1.29, 1.82) is 0 Å². The van der Waals surface area contributed by atoms with Gasteiger partial charge in [-0.25, -0.2) is 9.78 Å². The standard InChI is InChI=1S/C16H13N3O2/c20-16(21-14-4-2-1-3-5-14)19-13-8-6-12(7-9-13)15-17-10-11-18-15/h1-11H,(H,17,18)(H,19,20). The number of nitrogens with zero attached hydrogens (tertiary/aromatic N) is 1. The van der Waals surface area contributed by atoms with Crippen LogP contribution in [-0.2, 0) is 0 Å². The summed E-state index contributed by atoms with van der Waals surface area (Å²) < 4.78 is 5.15. The molecule has 0 saturated heterocycles. The van der Waals surface area contributed by atoms with Crippen molar-refractivity contribution in [1.82, 2.24) is 9.97 Å². The highest BCUT2D eigenvalue weighted by molar-refractivity contribution is 5.86. The van der Waals surface area contributed by atoms with E-state index in [9.17, 15) is 4.79 Å². The molecule has 1 aromatic heterocycles. The first-order valence-electron chi connectivity index (χ1n) is 6.45. The van der Waals surface area contributed by atoms with Crippen LogP contribution in [0.15, 0.2) is 67.0 Å². The van der Waals surface area contributed by atoms with Gasteiger partial charge in [0.1, 0.15) is 11.6 Å². The van der Waals surface area contributed by atoms with Crippen molar-refractivity contribution >= 4 is 11.8 Å². The maximum atomic E-state index is 11.7. The van der Waals surface area contributed by atoms with E-state index in [1.807, 2.05) is 18.2 Å². The third-order valence-corrected chi connectivity index (χ3v) is 2.86. The molecular weight excluding hydrogens is 266 g/mol. The number of nitrogens with one attached hydrogen (secondary N) is 2. The highest BCUT2D eigenvalue weighted by Crippen LogP contribution is 2.18. The van der Waals surface area contributed by atoms with E-state index in [0.717, 1.165) is 11.4 Å². The van der Waals surface area contributed by atoms with Gasteiger partial charge in [0, 0.05) is 23.6 Å². The Bertz CT molecular complexity index is 707. The number of imidazole rings is 1. The second kappa shape index (κ2) is 5.92. The van der Waals surface area contributed by atoms with Crippen LogP contribution in [-0.4, -0.2) is 16.1 Å². The Morgan fingerprint density at radius 1 is 1.05 bits per heavy atom. The molecular formula is C16H13N3O2. The van der Waals surface area contributed by atoms with E-state index in [1.165, 1.54) is 0 Å². The number of aromatic amines is 1. The minimum Gasteiger partial charge on any atom is -0.410 e. The summed E-state index contributed by atoms with van der Waals surface area (Å²) in [6.45, 7) is 0. The molecule has 104 valence electrons. The van der Waals surface area contributed by atoms with E-state index in [0.29, 0.717) is 11.4 Å². The van der Waals surface area contributed by atoms with Gasteiger partial charge < -0.3 is 9.72 Å². The van der Waals surface area contributed by atoms with Gasteiger partial charge in [-0.3, -0.25) is 5.32 Å². The number of rotatable bonds is 3. The summed E-state index contributed by atoms with van der Waals surface area (Å²) in [6, 6.07) is 16.3. The van der Waals surface area contributed by atoms with Gasteiger partial charge >= 0.3 is 6.09 Å². The normalized spacial score (nSPS) is 10.1. The summed E-state index contributed by atoms with van der Waals surface area (Å²) >= 11 is 0. The number of carbonyl (C=O) groups is 1. The first-order chi connectivity index (χ1) is 10.3. The summed E-state index contributed by atoms with van der Waals surface area (Å²) in [4.78, 5) is 18.9. The van der Waals surface area contributed by atoms with Crippen LogP contribution in [0.4, 0.5) is 10.5 Å². The zero-order valence-corrected chi connectivity index (χ0v) is 11.1. The van der Waals surface area contributed by atoms with Gasteiger partial charge in [-0.1, -0.05) is 18.2 Å². The quantitative estimate of drug-likeness (QED) is 0.768. The minimum atomic E-state index is -0.521. The number of benzene rings is 2. The van der Waals surface area contributed by atoms with Gasteiger partial charge in [0.05, 0.1) is 0 Å². The van der Waals surface area contributed by atoms with Crippen LogP contribution < -0.4 is 10.1 Å². The molecule has 1 heterocycles. The summed E-state index contributed by atoms with van der Waals surface area (Å²) in [6.07, 6.45) is 2.93. The van der Waals surface area contributed by atoms with Crippen molar-refractivity contribution < 1.29 is 9.53 Å². The molecule has 0 atom stereocenters. The molecule has 0 unspecified atom stereocenters. The van der Waals surface area contributed by atoms with Crippen molar-refractivity contribution in [2.45, 2.75) is 0 Å². The highest BCUT2D eigenvalue weighted by atomic mass is 16.6. The fourth-order valence-corrected chi connectivity index (χ4v) is 1.87. The topological polar surface area (TPSA) is 67.0 Å². The van der Waals surface area contributed by atoms with E-state index >= 15 is 0 Å². The first-order valence-corrected chi connectivity index (χ1v) is 6.45. The third kappa shape index (κ3) is 3.27. The van der Waals surface area contributed by atoms with Crippen LogP contribution >= 0.6 is 0 Å². The largest absolute Gasteiger partial charge is 0.417 e. The molecule has 0 aliphatic rings. The Morgan fingerprint density at radius 3 is 2.48 bits per heavy atom. The predicted octanol–water partition coefficient (Wildman–Crippen LogP) is 3.69. The zero-order valence-electron chi connectivity index (χ0n) is 11.1. The van der Waals surface area contributed by atoms with Crippen LogP contribution in [0, 0.1) is 0 Å². The predicted molar refractivity (Wildman–Crippen MR) is 80.1 cm³/mol. The van der Waals surface area contributed by atoms with Crippen LogP contribution in [0.3, 0.4) is 0 Å². The fourth-order valence-electron chi connectivity index (χ4n) is 1.87. The molecule has 0 fully saturated rings. The molecule has 0 saturated carbocycles. The van der Waals surface area contributed by atoms with Gasteiger partial charge in [-0.15, -0.1) is 0 Å². The lowest BCUT2D eigenvalue weighted by Gasteiger charge is -2.07. The molecule has 0 bridgehead atoms. The summed E-state index contributed by atoms with van der Waals surface area (Å²) in [7, 11) is 0. The van der Waals surface area contributed by atoms with E-state index in [4.69, 9.17) is 4.74 Å². The van der Waals surface area contributed by atoms with Crippen molar-refractivity contribution in [3.63, 3.8) is 0 Å². The molecule has 1 amide bonds. The second-order valence-electron chi connectivity index (χ2n) is 4.34. The molecule has 5 heteroatoms. The SMILES string of the molecule is O=C(Nc1ccc(-c2ncc[nH]2)cc1)Oc1ccccc1. The summed E-state index contributed by atoms with van der Waals surface area (Å²) in [5, 5.41) is 2.67. The van der Waals surface area contributed by atoms with E-state index in [1.54, 1.807) is 48.8 Å². The molecule has 2 N–H and O–H groups in total. The average molecular weight is 279 g/mol. The van der Waals surface area contributed by atoms with Crippen LogP contribution in [0.25, 0.3) is 11.4 Å². The number of ether oxygens (including phenoxy) is 1. The summed E-state index contributed by atoms with van der Waals surface area (Å²) in [5.41, 5.74) is 1.60. The molecule has 0 aliphatic heterocycles. The van der Waals surface area contributed by atoms with Gasteiger partial charge in [0.25, 0.3) is 0 Å². The second-order valence-corrected chi connectivity index (χ2v) is 4.34. The first kappa shape index (κ1) is 12.9. The van der Waals surface area contributed by atoms with Crippen molar-refractivity contribution in [3.8, 4) is 17.1 Å². The minimum absolute atomic E-state index is 0.502. The van der Waals surface area contributed by atoms with Crippen molar-refractivity contribution in [2.75, 3.05) is 5.32 Å². The zero-order chi connectivity index (χ0) is 14.5. The smallest absolute Gasteiger partial charge is 0.410 e. The molecule has 21 heavy (non-hydrogen) atoms. The Hall–Kier alpha value is -3.08. The Morgan fingerprint density at radius 2 is 1.81 bits per heavy atom. The van der Waals surface area contributed by atoms with Crippen LogP contribution in [0.1, 0.15) is 0 Å². The van der Waals surface area contributed by atoms with E-state index < -0.39 is 6.09 Å². The number of anilines is 1. The number of aromatic nitrogens is 2. The lowest BCUT2D eigenvalue weighted by atomic mass is 10.2. The number of para-hydroxylation sites is 1. The summed E-state index contributed by atoms with van der Waals surface area (Å²) in [5.74, 6) is 1.29. The maximum absolute atomic E-state index is 11.7. The Labute approximate surface area is 121 Å². The average Bonchev–Trinajstić information content (AvgIpc) is 3.03.